The normalized spacial score (nSPS) is 18.9. The summed E-state index contributed by atoms with van der Waals surface area (Å²) in [7, 11) is 5.74. The van der Waals surface area contributed by atoms with Crippen molar-refractivity contribution >= 4 is 12.0 Å². The van der Waals surface area contributed by atoms with Crippen molar-refractivity contribution < 1.29 is 14.7 Å². The van der Waals surface area contributed by atoms with Crippen LogP contribution >= 0.6 is 0 Å². The maximum Gasteiger partial charge on any atom is 0.325 e. The molecule has 1 saturated carbocycles. The Balaban J connectivity index is 2.52. The molecular formula is C12H23N3O3. The number of hydrogen-bond acceptors (Lipinski definition) is 3. The molecule has 1 atom stereocenters. The van der Waals surface area contributed by atoms with Crippen LogP contribution in [0.3, 0.4) is 0 Å². The summed E-state index contributed by atoms with van der Waals surface area (Å²) in [5.74, 6) is -1.03. The number of urea groups is 1. The molecule has 1 aliphatic rings. The van der Waals surface area contributed by atoms with Crippen molar-refractivity contribution in [2.75, 3.05) is 27.7 Å². The molecule has 2 amide bonds. The molecule has 0 aliphatic heterocycles. The number of carboxylic acids is 1. The molecule has 0 spiro atoms. The van der Waals surface area contributed by atoms with Gasteiger partial charge in [-0.05, 0) is 40.3 Å². The maximum atomic E-state index is 11.8. The number of nitrogens with one attached hydrogen (secondary N) is 1. The number of amides is 2. The Morgan fingerprint density at radius 3 is 2.22 bits per heavy atom. The molecule has 6 heteroatoms. The summed E-state index contributed by atoms with van der Waals surface area (Å²) in [6, 6.07) is -1.20. The van der Waals surface area contributed by atoms with Crippen molar-refractivity contribution in [1.82, 2.24) is 15.1 Å². The van der Waals surface area contributed by atoms with Gasteiger partial charge in [0.25, 0.3) is 0 Å². The number of carbonyl (C=O) groups is 2. The highest BCUT2D eigenvalue weighted by Crippen LogP contribution is 2.36. The fraction of sp³-hybridized carbons (Fsp3) is 0.833. The van der Waals surface area contributed by atoms with E-state index in [1.807, 2.05) is 14.1 Å². The van der Waals surface area contributed by atoms with E-state index in [1.54, 1.807) is 11.9 Å². The molecular weight excluding hydrogens is 234 g/mol. The molecule has 2 N–H and O–H groups in total. The van der Waals surface area contributed by atoms with Crippen molar-refractivity contribution in [3.05, 3.63) is 0 Å². The summed E-state index contributed by atoms with van der Waals surface area (Å²) in [4.78, 5) is 26.2. The number of carboxylic acid groups (broad SMARTS) is 1. The predicted molar refractivity (Wildman–Crippen MR) is 68.5 cm³/mol. The minimum Gasteiger partial charge on any atom is -0.480 e. The highest BCUT2D eigenvalue weighted by Gasteiger charge is 2.40. The predicted octanol–water partition coefficient (Wildman–Crippen LogP) is 0.585. The maximum absolute atomic E-state index is 11.8. The molecule has 0 heterocycles. The van der Waals surface area contributed by atoms with Gasteiger partial charge in [-0.3, -0.25) is 4.79 Å². The molecule has 0 aromatic heterocycles. The Hall–Kier alpha value is -1.30. The number of hydrogen-bond donors (Lipinski definition) is 2. The van der Waals surface area contributed by atoms with Gasteiger partial charge in [0.05, 0.1) is 0 Å². The van der Waals surface area contributed by atoms with Crippen LogP contribution in [0.5, 0.6) is 0 Å². The van der Waals surface area contributed by atoms with Crippen LogP contribution in [0.4, 0.5) is 4.79 Å². The van der Waals surface area contributed by atoms with Gasteiger partial charge in [-0.2, -0.15) is 0 Å². The summed E-state index contributed by atoms with van der Waals surface area (Å²) in [5.41, 5.74) is 0.0541. The Kier molecular flexibility index (Phi) is 4.56. The number of likely N-dealkylation sites (N-methyl/N-ethyl adjacent to an activating group) is 2. The molecule has 0 radical (unpaired) electrons. The average Bonchev–Trinajstić information content (AvgIpc) is 2.21. The van der Waals surface area contributed by atoms with Crippen LogP contribution in [0.1, 0.15) is 26.2 Å². The lowest BCUT2D eigenvalue weighted by molar-refractivity contribution is -0.138. The molecule has 1 aliphatic carbocycles. The fourth-order valence-electron chi connectivity index (χ4n) is 2.20. The zero-order chi connectivity index (χ0) is 13.9. The van der Waals surface area contributed by atoms with E-state index in [0.29, 0.717) is 6.54 Å². The number of aliphatic carboxylic acids is 1. The minimum atomic E-state index is -1.03. The highest BCUT2D eigenvalue weighted by atomic mass is 16.4. The van der Waals surface area contributed by atoms with Gasteiger partial charge in [0.15, 0.2) is 0 Å². The number of rotatable bonds is 5. The highest BCUT2D eigenvalue weighted by molar-refractivity contribution is 5.82. The van der Waals surface area contributed by atoms with Crippen LogP contribution in [0.2, 0.25) is 0 Å². The van der Waals surface area contributed by atoms with Crippen LogP contribution in [-0.2, 0) is 4.79 Å². The van der Waals surface area contributed by atoms with Crippen LogP contribution in [0.15, 0.2) is 0 Å². The first-order valence-corrected chi connectivity index (χ1v) is 6.20. The Morgan fingerprint density at radius 2 is 1.89 bits per heavy atom. The average molecular weight is 257 g/mol. The third kappa shape index (κ3) is 3.13. The van der Waals surface area contributed by atoms with Gasteiger partial charge in [0.2, 0.25) is 0 Å². The standard InChI is InChI=1S/C12H23N3O3/c1-9(10(16)17)13-11(18)15(4)8-12(14(2)3)6-5-7-12/h9H,5-8H2,1-4H3,(H,13,18)(H,16,17). The van der Waals surface area contributed by atoms with E-state index in [0.717, 1.165) is 12.8 Å². The quantitative estimate of drug-likeness (QED) is 0.756. The lowest BCUT2D eigenvalue weighted by atomic mass is 9.75. The first kappa shape index (κ1) is 14.8. The van der Waals surface area contributed by atoms with Gasteiger partial charge in [-0.15, -0.1) is 0 Å². The molecule has 104 valence electrons. The molecule has 6 nitrogen and oxygen atoms in total. The van der Waals surface area contributed by atoms with Crippen LogP contribution in [0.25, 0.3) is 0 Å². The Labute approximate surface area is 108 Å². The van der Waals surface area contributed by atoms with Crippen molar-refractivity contribution in [3.63, 3.8) is 0 Å². The van der Waals surface area contributed by atoms with E-state index < -0.39 is 12.0 Å². The molecule has 1 rings (SSSR count). The van der Waals surface area contributed by atoms with Gasteiger partial charge < -0.3 is 20.2 Å². The monoisotopic (exact) mass is 257 g/mol. The van der Waals surface area contributed by atoms with E-state index >= 15 is 0 Å². The SMILES string of the molecule is CC(NC(=O)N(C)CC1(N(C)C)CCC1)C(=O)O. The van der Waals surface area contributed by atoms with Gasteiger partial charge in [0, 0.05) is 19.1 Å². The van der Waals surface area contributed by atoms with Gasteiger partial charge >= 0.3 is 12.0 Å². The van der Waals surface area contributed by atoms with Gasteiger partial charge in [0.1, 0.15) is 6.04 Å². The van der Waals surface area contributed by atoms with E-state index in [4.69, 9.17) is 5.11 Å². The number of nitrogens with zero attached hydrogens (tertiary/aromatic N) is 2. The lowest BCUT2D eigenvalue weighted by Gasteiger charge is -2.49. The largest absolute Gasteiger partial charge is 0.480 e. The van der Waals surface area contributed by atoms with E-state index in [2.05, 4.69) is 10.2 Å². The third-order valence-corrected chi connectivity index (χ3v) is 3.82. The molecule has 0 bridgehead atoms. The lowest BCUT2D eigenvalue weighted by Crippen LogP contribution is -2.59. The Morgan fingerprint density at radius 1 is 1.33 bits per heavy atom. The summed E-state index contributed by atoms with van der Waals surface area (Å²) in [6.45, 7) is 2.08. The summed E-state index contributed by atoms with van der Waals surface area (Å²) in [5, 5.41) is 11.2. The Bertz CT molecular complexity index is 327. The van der Waals surface area contributed by atoms with Gasteiger partial charge in [-0.1, -0.05) is 0 Å². The second-order valence-electron chi connectivity index (χ2n) is 5.34. The molecule has 1 unspecified atom stereocenters. The zero-order valence-corrected chi connectivity index (χ0v) is 11.6. The van der Waals surface area contributed by atoms with Crippen molar-refractivity contribution in [3.8, 4) is 0 Å². The summed E-state index contributed by atoms with van der Waals surface area (Å²) < 4.78 is 0. The smallest absolute Gasteiger partial charge is 0.325 e. The van der Waals surface area contributed by atoms with Crippen molar-refractivity contribution in [2.24, 2.45) is 0 Å². The van der Waals surface area contributed by atoms with E-state index in [-0.39, 0.29) is 11.6 Å². The molecule has 0 aromatic rings. The zero-order valence-electron chi connectivity index (χ0n) is 11.6. The topological polar surface area (TPSA) is 72.9 Å². The fourth-order valence-corrected chi connectivity index (χ4v) is 2.20. The molecule has 0 aromatic carbocycles. The summed E-state index contributed by atoms with van der Waals surface area (Å²) >= 11 is 0. The van der Waals surface area contributed by atoms with Crippen molar-refractivity contribution in [2.45, 2.75) is 37.8 Å². The molecule has 0 saturated heterocycles. The minimum absolute atomic E-state index is 0.0541. The first-order chi connectivity index (χ1) is 8.28. The molecule has 18 heavy (non-hydrogen) atoms. The van der Waals surface area contributed by atoms with Crippen LogP contribution in [0, 0.1) is 0 Å². The first-order valence-electron chi connectivity index (χ1n) is 6.20. The molecule has 1 fully saturated rings. The second kappa shape index (κ2) is 5.56. The third-order valence-electron chi connectivity index (χ3n) is 3.82. The van der Waals surface area contributed by atoms with E-state index in [1.165, 1.54) is 13.3 Å². The van der Waals surface area contributed by atoms with Gasteiger partial charge in [-0.25, -0.2) is 4.79 Å². The van der Waals surface area contributed by atoms with Crippen LogP contribution in [-0.4, -0.2) is 66.2 Å². The summed E-state index contributed by atoms with van der Waals surface area (Å²) in [6.07, 6.45) is 3.33. The van der Waals surface area contributed by atoms with Crippen molar-refractivity contribution in [1.29, 1.82) is 0 Å². The number of carbonyl (C=O) groups excluding carboxylic acids is 1. The van der Waals surface area contributed by atoms with E-state index in [9.17, 15) is 9.59 Å². The van der Waals surface area contributed by atoms with Crippen LogP contribution < -0.4 is 5.32 Å². The second-order valence-corrected chi connectivity index (χ2v) is 5.34.